The summed E-state index contributed by atoms with van der Waals surface area (Å²) < 4.78 is 5.75. The number of aryl methyl sites for hydroxylation is 2. The Balaban J connectivity index is 1.61. The summed E-state index contributed by atoms with van der Waals surface area (Å²) in [4.78, 5) is 9.11. The molecule has 0 fully saturated rings. The van der Waals surface area contributed by atoms with Gasteiger partial charge in [0, 0.05) is 31.4 Å². The van der Waals surface area contributed by atoms with Crippen molar-refractivity contribution in [2.45, 2.75) is 40.0 Å². The molecule has 6 heteroatoms. The number of aromatic nitrogens is 1. The number of unbranched alkanes of at least 4 members (excludes halogenated alkanes) is 1. The highest BCUT2D eigenvalue weighted by Gasteiger charge is 2.00. The third kappa shape index (κ3) is 7.87. The summed E-state index contributed by atoms with van der Waals surface area (Å²) in [5, 5.41) is 9.90. The fourth-order valence-corrected chi connectivity index (χ4v) is 3.05. The molecule has 5 nitrogen and oxygen atoms in total. The standard InChI is InChI=1S/C20H30N4OS/c1-4-21-20(23-13-11-18-15-26-17(3)24-18)22-12-5-6-14-25-19-9-7-16(2)8-10-19/h7-10,15H,4-6,11-14H2,1-3H3,(H2,21,22,23). The molecule has 0 saturated heterocycles. The van der Waals surface area contributed by atoms with Crippen LogP contribution in [0.3, 0.4) is 0 Å². The fraction of sp³-hybridized carbons (Fsp3) is 0.500. The molecule has 1 aromatic heterocycles. The fourth-order valence-electron chi connectivity index (χ4n) is 2.40. The molecule has 0 amide bonds. The van der Waals surface area contributed by atoms with Gasteiger partial charge in [-0.2, -0.15) is 0 Å². The van der Waals surface area contributed by atoms with E-state index in [-0.39, 0.29) is 0 Å². The normalized spacial score (nSPS) is 11.4. The SMILES string of the molecule is CCNC(=NCCCCOc1ccc(C)cc1)NCCc1csc(C)n1. The number of nitrogens with one attached hydrogen (secondary N) is 2. The maximum absolute atomic E-state index is 5.75. The van der Waals surface area contributed by atoms with E-state index >= 15 is 0 Å². The number of thiazole rings is 1. The molecule has 0 aliphatic carbocycles. The number of benzene rings is 1. The predicted octanol–water partition coefficient (Wildman–Crippen LogP) is 3.72. The molecule has 0 bridgehead atoms. The summed E-state index contributed by atoms with van der Waals surface area (Å²) in [6, 6.07) is 8.18. The lowest BCUT2D eigenvalue weighted by atomic mass is 10.2. The third-order valence-electron chi connectivity index (χ3n) is 3.80. The molecule has 2 N–H and O–H groups in total. The highest BCUT2D eigenvalue weighted by atomic mass is 32.1. The Bertz CT molecular complexity index is 667. The maximum atomic E-state index is 5.75. The van der Waals surface area contributed by atoms with Crippen molar-refractivity contribution in [1.29, 1.82) is 0 Å². The van der Waals surface area contributed by atoms with Crippen LogP contribution < -0.4 is 15.4 Å². The molecule has 0 aliphatic rings. The summed E-state index contributed by atoms with van der Waals surface area (Å²) in [6.45, 7) is 9.42. The minimum absolute atomic E-state index is 0.728. The lowest BCUT2D eigenvalue weighted by Crippen LogP contribution is -2.38. The molecule has 0 atom stereocenters. The van der Waals surface area contributed by atoms with Gasteiger partial charge in [-0.1, -0.05) is 17.7 Å². The highest BCUT2D eigenvalue weighted by Crippen LogP contribution is 2.11. The molecule has 0 aliphatic heterocycles. The van der Waals surface area contributed by atoms with E-state index in [2.05, 4.69) is 52.0 Å². The molecule has 2 rings (SSSR count). The van der Waals surface area contributed by atoms with Crippen LogP contribution in [0.25, 0.3) is 0 Å². The van der Waals surface area contributed by atoms with Crippen molar-refractivity contribution < 1.29 is 4.74 Å². The summed E-state index contributed by atoms with van der Waals surface area (Å²) in [7, 11) is 0. The van der Waals surface area contributed by atoms with E-state index in [1.165, 1.54) is 5.56 Å². The zero-order valence-electron chi connectivity index (χ0n) is 16.0. The topological polar surface area (TPSA) is 58.5 Å². The molecule has 1 heterocycles. The first-order valence-electron chi connectivity index (χ1n) is 9.30. The number of guanidine groups is 1. The van der Waals surface area contributed by atoms with Crippen LogP contribution in [0.5, 0.6) is 5.75 Å². The van der Waals surface area contributed by atoms with Gasteiger partial charge in [-0.05, 0) is 45.7 Å². The minimum Gasteiger partial charge on any atom is -0.494 e. The molecule has 0 saturated carbocycles. The van der Waals surface area contributed by atoms with Gasteiger partial charge in [0.1, 0.15) is 5.75 Å². The van der Waals surface area contributed by atoms with Gasteiger partial charge in [-0.3, -0.25) is 4.99 Å². The first kappa shape index (κ1) is 20.2. The van der Waals surface area contributed by atoms with E-state index in [1.54, 1.807) is 11.3 Å². The van der Waals surface area contributed by atoms with E-state index in [9.17, 15) is 0 Å². The number of ether oxygens (including phenoxy) is 1. The average Bonchev–Trinajstić information content (AvgIpc) is 3.04. The van der Waals surface area contributed by atoms with Gasteiger partial charge < -0.3 is 15.4 Å². The van der Waals surface area contributed by atoms with Crippen molar-refractivity contribution >= 4 is 17.3 Å². The molecular formula is C20H30N4OS. The van der Waals surface area contributed by atoms with Gasteiger partial charge in [0.25, 0.3) is 0 Å². The predicted molar refractivity (Wildman–Crippen MR) is 110 cm³/mol. The Morgan fingerprint density at radius 2 is 1.96 bits per heavy atom. The van der Waals surface area contributed by atoms with E-state index in [1.807, 2.05) is 19.1 Å². The summed E-state index contributed by atoms with van der Waals surface area (Å²) in [6.07, 6.45) is 2.92. The van der Waals surface area contributed by atoms with Crippen LogP contribution in [0.15, 0.2) is 34.6 Å². The molecule has 142 valence electrons. The van der Waals surface area contributed by atoms with Crippen LogP contribution in [-0.4, -0.2) is 37.2 Å². The number of hydrogen-bond acceptors (Lipinski definition) is 4. The largest absolute Gasteiger partial charge is 0.494 e. The van der Waals surface area contributed by atoms with Crippen LogP contribution in [0, 0.1) is 13.8 Å². The minimum atomic E-state index is 0.728. The van der Waals surface area contributed by atoms with Gasteiger partial charge in [-0.15, -0.1) is 11.3 Å². The monoisotopic (exact) mass is 374 g/mol. The van der Waals surface area contributed by atoms with Gasteiger partial charge in [0.15, 0.2) is 5.96 Å². The second-order valence-electron chi connectivity index (χ2n) is 6.16. The van der Waals surface area contributed by atoms with E-state index in [4.69, 9.17) is 4.74 Å². The first-order valence-corrected chi connectivity index (χ1v) is 10.2. The Labute approximate surface area is 160 Å². The van der Waals surface area contributed by atoms with E-state index in [0.29, 0.717) is 0 Å². The second-order valence-corrected chi connectivity index (χ2v) is 7.23. The maximum Gasteiger partial charge on any atom is 0.191 e. The van der Waals surface area contributed by atoms with Crippen molar-refractivity contribution in [2.75, 3.05) is 26.2 Å². The zero-order valence-corrected chi connectivity index (χ0v) is 16.9. The number of hydrogen-bond donors (Lipinski definition) is 2. The Hall–Kier alpha value is -2.08. The van der Waals surface area contributed by atoms with Crippen molar-refractivity contribution in [3.05, 3.63) is 45.9 Å². The molecule has 2 aromatic rings. The summed E-state index contributed by atoms with van der Waals surface area (Å²) >= 11 is 1.70. The highest BCUT2D eigenvalue weighted by molar-refractivity contribution is 7.09. The van der Waals surface area contributed by atoms with Crippen molar-refractivity contribution in [3.8, 4) is 5.75 Å². The Morgan fingerprint density at radius 1 is 1.15 bits per heavy atom. The Kier molecular flexibility index (Phi) is 8.96. The van der Waals surface area contributed by atoms with Crippen LogP contribution in [0.2, 0.25) is 0 Å². The zero-order chi connectivity index (χ0) is 18.6. The van der Waals surface area contributed by atoms with Crippen LogP contribution in [0.1, 0.15) is 36.0 Å². The summed E-state index contributed by atoms with van der Waals surface area (Å²) in [5.74, 6) is 1.81. The molecule has 0 radical (unpaired) electrons. The van der Waals surface area contributed by atoms with E-state index < -0.39 is 0 Å². The Morgan fingerprint density at radius 3 is 2.65 bits per heavy atom. The van der Waals surface area contributed by atoms with E-state index in [0.717, 1.165) is 67.9 Å². The third-order valence-corrected chi connectivity index (χ3v) is 4.62. The molecule has 1 aromatic carbocycles. The number of rotatable bonds is 10. The lowest BCUT2D eigenvalue weighted by Gasteiger charge is -2.11. The summed E-state index contributed by atoms with van der Waals surface area (Å²) in [5.41, 5.74) is 2.39. The second kappa shape index (κ2) is 11.5. The molecule has 0 unspecified atom stereocenters. The molecule has 0 spiro atoms. The number of nitrogens with zero attached hydrogens (tertiary/aromatic N) is 2. The van der Waals surface area contributed by atoms with Crippen molar-refractivity contribution in [1.82, 2.24) is 15.6 Å². The van der Waals surface area contributed by atoms with Crippen molar-refractivity contribution in [2.24, 2.45) is 4.99 Å². The molecule has 26 heavy (non-hydrogen) atoms. The van der Waals surface area contributed by atoms with Crippen molar-refractivity contribution in [3.63, 3.8) is 0 Å². The first-order chi connectivity index (χ1) is 12.7. The average molecular weight is 375 g/mol. The van der Waals surface area contributed by atoms with Crippen LogP contribution in [-0.2, 0) is 6.42 Å². The van der Waals surface area contributed by atoms with Gasteiger partial charge >= 0.3 is 0 Å². The molecular weight excluding hydrogens is 344 g/mol. The number of aliphatic imine (C=N–C) groups is 1. The van der Waals surface area contributed by atoms with Gasteiger partial charge in [-0.25, -0.2) is 4.98 Å². The quantitative estimate of drug-likeness (QED) is 0.378. The van der Waals surface area contributed by atoms with Gasteiger partial charge in [0.2, 0.25) is 0 Å². The van der Waals surface area contributed by atoms with Crippen LogP contribution >= 0.6 is 11.3 Å². The smallest absolute Gasteiger partial charge is 0.191 e. The lowest BCUT2D eigenvalue weighted by molar-refractivity contribution is 0.308. The van der Waals surface area contributed by atoms with Gasteiger partial charge in [0.05, 0.1) is 17.3 Å². The van der Waals surface area contributed by atoms with Crippen LogP contribution in [0.4, 0.5) is 0 Å².